The van der Waals surface area contributed by atoms with Crippen molar-refractivity contribution in [3.05, 3.63) is 0 Å². The Hall–Kier alpha value is -0.570. The molecule has 0 aromatic rings. The second-order valence-electron chi connectivity index (χ2n) is 6.09. The monoisotopic (exact) mass is 253 g/mol. The summed E-state index contributed by atoms with van der Waals surface area (Å²) in [6.45, 7) is 0.918. The van der Waals surface area contributed by atoms with E-state index >= 15 is 0 Å². The van der Waals surface area contributed by atoms with Gasteiger partial charge >= 0.3 is 5.97 Å². The van der Waals surface area contributed by atoms with Gasteiger partial charge in [-0.05, 0) is 38.1 Å². The Bertz CT molecular complexity index is 259. The molecule has 2 fully saturated rings. The Labute approximate surface area is 110 Å². The van der Waals surface area contributed by atoms with Gasteiger partial charge in [0.25, 0.3) is 0 Å². The average Bonchev–Trinajstić information content (AvgIpc) is 2.76. The van der Waals surface area contributed by atoms with Crippen LogP contribution in [0.5, 0.6) is 0 Å². The molecule has 2 saturated carbocycles. The van der Waals surface area contributed by atoms with Crippen molar-refractivity contribution in [2.75, 3.05) is 6.54 Å². The van der Waals surface area contributed by atoms with Crippen LogP contribution in [0.2, 0.25) is 0 Å². The minimum Gasteiger partial charge on any atom is -0.481 e. The van der Waals surface area contributed by atoms with Gasteiger partial charge in [-0.2, -0.15) is 0 Å². The third kappa shape index (κ3) is 3.98. The van der Waals surface area contributed by atoms with E-state index in [0.717, 1.165) is 25.8 Å². The van der Waals surface area contributed by atoms with Crippen LogP contribution in [0, 0.1) is 11.8 Å². The van der Waals surface area contributed by atoms with E-state index in [4.69, 9.17) is 0 Å². The Balaban J connectivity index is 1.73. The summed E-state index contributed by atoms with van der Waals surface area (Å²) in [6.07, 6.45) is 12.5. The topological polar surface area (TPSA) is 49.3 Å². The standard InChI is InChI=1S/C15H27NO2/c17-15(18)14-10-6-7-12(14)11-16-13-8-4-2-1-3-5-9-13/h12-14,16H,1-11H2,(H,17,18). The number of nitrogens with one attached hydrogen (secondary N) is 1. The first-order valence-electron chi connectivity index (χ1n) is 7.73. The summed E-state index contributed by atoms with van der Waals surface area (Å²) in [4.78, 5) is 11.1. The summed E-state index contributed by atoms with van der Waals surface area (Å²) in [7, 11) is 0. The molecule has 0 radical (unpaired) electrons. The third-order valence-electron chi connectivity index (χ3n) is 4.75. The number of rotatable bonds is 4. The maximum atomic E-state index is 11.1. The van der Waals surface area contributed by atoms with E-state index in [0.29, 0.717) is 12.0 Å². The predicted molar refractivity (Wildman–Crippen MR) is 72.6 cm³/mol. The van der Waals surface area contributed by atoms with Crippen molar-refractivity contribution >= 4 is 5.97 Å². The lowest BCUT2D eigenvalue weighted by Gasteiger charge is -2.24. The number of hydrogen-bond acceptors (Lipinski definition) is 2. The number of carbonyl (C=O) groups is 1. The molecule has 3 nitrogen and oxygen atoms in total. The molecule has 0 aromatic heterocycles. The summed E-state index contributed by atoms with van der Waals surface area (Å²) in [6, 6.07) is 0.639. The van der Waals surface area contributed by atoms with Gasteiger partial charge in [0.2, 0.25) is 0 Å². The van der Waals surface area contributed by atoms with Crippen LogP contribution >= 0.6 is 0 Å². The summed E-state index contributed by atoms with van der Waals surface area (Å²) in [5, 5.41) is 12.8. The molecule has 0 spiro atoms. The van der Waals surface area contributed by atoms with E-state index in [9.17, 15) is 9.90 Å². The lowest BCUT2D eigenvalue weighted by molar-refractivity contribution is -0.142. The minimum absolute atomic E-state index is 0.0916. The van der Waals surface area contributed by atoms with Crippen molar-refractivity contribution in [1.82, 2.24) is 5.32 Å². The van der Waals surface area contributed by atoms with Gasteiger partial charge in [0.15, 0.2) is 0 Å². The van der Waals surface area contributed by atoms with Crippen molar-refractivity contribution in [1.29, 1.82) is 0 Å². The Morgan fingerprint density at radius 3 is 2.28 bits per heavy atom. The summed E-state index contributed by atoms with van der Waals surface area (Å²) in [5.41, 5.74) is 0. The molecule has 2 atom stereocenters. The molecular weight excluding hydrogens is 226 g/mol. The van der Waals surface area contributed by atoms with Gasteiger partial charge in [-0.15, -0.1) is 0 Å². The molecule has 0 amide bonds. The van der Waals surface area contributed by atoms with Crippen LogP contribution < -0.4 is 5.32 Å². The van der Waals surface area contributed by atoms with Crippen molar-refractivity contribution in [3.8, 4) is 0 Å². The molecule has 2 unspecified atom stereocenters. The molecule has 18 heavy (non-hydrogen) atoms. The third-order valence-corrected chi connectivity index (χ3v) is 4.75. The van der Waals surface area contributed by atoms with E-state index in [1.807, 2.05) is 0 Å². The number of aliphatic carboxylic acids is 1. The maximum Gasteiger partial charge on any atom is 0.306 e. The predicted octanol–water partition coefficient (Wildman–Crippen LogP) is 3.19. The van der Waals surface area contributed by atoms with Crippen molar-refractivity contribution < 1.29 is 9.90 Å². The molecule has 2 aliphatic carbocycles. The molecule has 0 heterocycles. The fourth-order valence-electron chi connectivity index (χ4n) is 3.58. The average molecular weight is 253 g/mol. The second kappa shape index (κ2) is 7.13. The summed E-state index contributed by atoms with van der Waals surface area (Å²) >= 11 is 0. The smallest absolute Gasteiger partial charge is 0.306 e. The van der Waals surface area contributed by atoms with Gasteiger partial charge in [-0.25, -0.2) is 0 Å². The van der Waals surface area contributed by atoms with Crippen molar-refractivity contribution in [2.24, 2.45) is 11.8 Å². The molecule has 2 aliphatic rings. The SMILES string of the molecule is O=C(O)C1CCCC1CNC1CCCCCCC1. The first kappa shape index (κ1) is 13.9. The fourth-order valence-corrected chi connectivity index (χ4v) is 3.58. The molecule has 104 valence electrons. The highest BCUT2D eigenvalue weighted by Crippen LogP contribution is 2.31. The Kier molecular flexibility index (Phi) is 5.48. The molecule has 0 saturated heterocycles. The molecule has 2 N–H and O–H groups in total. The molecule has 0 bridgehead atoms. The van der Waals surface area contributed by atoms with E-state index in [1.54, 1.807) is 0 Å². The zero-order chi connectivity index (χ0) is 12.8. The minimum atomic E-state index is -0.586. The van der Waals surface area contributed by atoms with E-state index in [-0.39, 0.29) is 5.92 Å². The summed E-state index contributed by atoms with van der Waals surface area (Å²) in [5.74, 6) is -0.309. The van der Waals surface area contributed by atoms with Crippen LogP contribution in [0.4, 0.5) is 0 Å². The van der Waals surface area contributed by atoms with Crippen LogP contribution in [0.25, 0.3) is 0 Å². The Morgan fingerprint density at radius 2 is 1.61 bits per heavy atom. The van der Waals surface area contributed by atoms with Crippen LogP contribution in [0.1, 0.15) is 64.2 Å². The summed E-state index contributed by atoms with van der Waals surface area (Å²) < 4.78 is 0. The highest BCUT2D eigenvalue weighted by molar-refractivity contribution is 5.70. The lowest BCUT2D eigenvalue weighted by atomic mass is 9.93. The van der Waals surface area contributed by atoms with Gasteiger partial charge in [0, 0.05) is 6.04 Å². The van der Waals surface area contributed by atoms with Gasteiger partial charge in [0.05, 0.1) is 5.92 Å². The quantitative estimate of drug-likeness (QED) is 0.809. The highest BCUT2D eigenvalue weighted by Gasteiger charge is 2.32. The largest absolute Gasteiger partial charge is 0.481 e. The lowest BCUT2D eigenvalue weighted by Crippen LogP contribution is -2.36. The van der Waals surface area contributed by atoms with Crippen molar-refractivity contribution in [3.63, 3.8) is 0 Å². The van der Waals surface area contributed by atoms with E-state index in [1.165, 1.54) is 44.9 Å². The van der Waals surface area contributed by atoms with Gasteiger partial charge in [-0.3, -0.25) is 4.79 Å². The van der Waals surface area contributed by atoms with Crippen LogP contribution in [-0.2, 0) is 4.79 Å². The first-order chi connectivity index (χ1) is 8.77. The highest BCUT2D eigenvalue weighted by atomic mass is 16.4. The van der Waals surface area contributed by atoms with Gasteiger partial charge < -0.3 is 10.4 Å². The molecular formula is C15H27NO2. The number of carboxylic acids is 1. The first-order valence-corrected chi connectivity index (χ1v) is 7.73. The number of hydrogen-bond donors (Lipinski definition) is 2. The zero-order valence-electron chi connectivity index (χ0n) is 11.4. The van der Waals surface area contributed by atoms with Gasteiger partial charge in [-0.1, -0.05) is 38.5 Å². The normalized spacial score (nSPS) is 30.9. The second-order valence-corrected chi connectivity index (χ2v) is 6.09. The fraction of sp³-hybridized carbons (Fsp3) is 0.933. The number of carboxylic acid groups (broad SMARTS) is 1. The van der Waals surface area contributed by atoms with Crippen LogP contribution in [0.15, 0.2) is 0 Å². The zero-order valence-corrected chi connectivity index (χ0v) is 11.4. The Morgan fingerprint density at radius 1 is 0.944 bits per heavy atom. The van der Waals surface area contributed by atoms with Crippen molar-refractivity contribution in [2.45, 2.75) is 70.3 Å². The van der Waals surface area contributed by atoms with Gasteiger partial charge in [0.1, 0.15) is 0 Å². The molecule has 0 aliphatic heterocycles. The molecule has 2 rings (SSSR count). The van der Waals surface area contributed by atoms with Crippen LogP contribution in [0.3, 0.4) is 0 Å². The maximum absolute atomic E-state index is 11.1. The van der Waals surface area contributed by atoms with Crippen LogP contribution in [-0.4, -0.2) is 23.7 Å². The molecule has 0 aromatic carbocycles. The van der Waals surface area contributed by atoms with E-state index in [2.05, 4.69) is 5.32 Å². The van der Waals surface area contributed by atoms with E-state index < -0.39 is 5.97 Å². The molecule has 3 heteroatoms.